The van der Waals surface area contributed by atoms with Gasteiger partial charge >= 0.3 is 0 Å². The number of anilines is 1. The van der Waals surface area contributed by atoms with Crippen LogP contribution in [0.15, 0.2) is 30.5 Å². The van der Waals surface area contributed by atoms with Crippen LogP contribution in [0.25, 0.3) is 10.9 Å². The topological polar surface area (TPSA) is 16.1 Å². The quantitative estimate of drug-likeness (QED) is 0.766. The summed E-state index contributed by atoms with van der Waals surface area (Å²) in [5, 5.41) is 1.90. The van der Waals surface area contributed by atoms with Gasteiger partial charge in [0, 0.05) is 41.3 Å². The molecule has 1 aliphatic heterocycles. The number of nitrogens with zero attached hydrogens (tertiary/aromatic N) is 2. The van der Waals surface area contributed by atoms with Crippen molar-refractivity contribution >= 4 is 39.8 Å². The van der Waals surface area contributed by atoms with E-state index < -0.39 is 0 Å². The van der Waals surface area contributed by atoms with Crippen LogP contribution in [0.5, 0.6) is 0 Å². The summed E-state index contributed by atoms with van der Waals surface area (Å²) in [4.78, 5) is 6.82. The summed E-state index contributed by atoms with van der Waals surface area (Å²) < 4.78 is 0. The Bertz CT molecular complexity index is 585. The molecule has 1 fully saturated rings. The minimum absolute atomic E-state index is 0.589. The molecule has 3 rings (SSSR count). The molecule has 2 heterocycles. The molecule has 0 amide bonds. The summed E-state index contributed by atoms with van der Waals surface area (Å²) in [6, 6.07) is 8.00. The van der Waals surface area contributed by atoms with Crippen molar-refractivity contribution in [2.45, 2.75) is 12.8 Å². The van der Waals surface area contributed by atoms with Crippen molar-refractivity contribution in [3.05, 3.63) is 35.5 Å². The van der Waals surface area contributed by atoms with Crippen molar-refractivity contribution in [2.75, 3.05) is 23.9 Å². The average Bonchev–Trinajstić information content (AvgIpc) is 2.46. The number of aromatic nitrogens is 1. The van der Waals surface area contributed by atoms with Gasteiger partial charge < -0.3 is 4.90 Å². The van der Waals surface area contributed by atoms with Gasteiger partial charge in [-0.15, -0.1) is 11.6 Å². The van der Waals surface area contributed by atoms with Gasteiger partial charge in [-0.1, -0.05) is 11.6 Å². The molecule has 0 bridgehead atoms. The summed E-state index contributed by atoms with van der Waals surface area (Å²) in [6.07, 6.45) is 4.29. The van der Waals surface area contributed by atoms with Crippen molar-refractivity contribution < 1.29 is 0 Å². The van der Waals surface area contributed by atoms with Crippen molar-refractivity contribution in [3.63, 3.8) is 0 Å². The summed E-state index contributed by atoms with van der Waals surface area (Å²) in [5.41, 5.74) is 2.20. The molecule has 1 saturated heterocycles. The first kappa shape index (κ1) is 13.0. The Morgan fingerprint density at radius 2 is 2.21 bits per heavy atom. The molecule has 1 atom stereocenters. The normalized spacial score (nSPS) is 19.9. The third-order valence-corrected chi connectivity index (χ3v) is 4.43. The highest BCUT2D eigenvalue weighted by atomic mass is 35.5. The van der Waals surface area contributed by atoms with Gasteiger partial charge in [-0.3, -0.25) is 4.98 Å². The first-order valence-corrected chi connectivity index (χ1v) is 7.54. The van der Waals surface area contributed by atoms with Crippen molar-refractivity contribution in [3.8, 4) is 0 Å². The van der Waals surface area contributed by atoms with Crippen LogP contribution >= 0.6 is 23.2 Å². The first-order valence-electron chi connectivity index (χ1n) is 6.63. The molecule has 1 aromatic heterocycles. The molecule has 2 aromatic rings. The van der Waals surface area contributed by atoms with E-state index in [9.17, 15) is 0 Å². The van der Waals surface area contributed by atoms with Crippen LogP contribution in [0.1, 0.15) is 12.8 Å². The van der Waals surface area contributed by atoms with Crippen LogP contribution in [0.4, 0.5) is 5.69 Å². The van der Waals surface area contributed by atoms with Gasteiger partial charge in [0.1, 0.15) is 0 Å². The van der Waals surface area contributed by atoms with Gasteiger partial charge in [-0.2, -0.15) is 0 Å². The predicted octanol–water partition coefficient (Wildman–Crippen LogP) is 4.34. The standard InChI is InChI=1S/C15H16Cl2N2/c16-9-11-2-1-7-19(10-11)15-5-6-18-14-8-12(17)3-4-13(14)15/h3-6,8,11H,1-2,7,9-10H2. The lowest BCUT2D eigenvalue weighted by molar-refractivity contribution is 0.451. The highest BCUT2D eigenvalue weighted by Gasteiger charge is 2.20. The van der Waals surface area contributed by atoms with Gasteiger partial charge in [-0.25, -0.2) is 0 Å². The number of hydrogen-bond acceptors (Lipinski definition) is 2. The molecule has 100 valence electrons. The van der Waals surface area contributed by atoms with E-state index in [0.29, 0.717) is 5.92 Å². The molecule has 0 radical (unpaired) electrons. The molecule has 4 heteroatoms. The second-order valence-corrected chi connectivity index (χ2v) is 5.85. The average molecular weight is 295 g/mol. The van der Waals surface area contributed by atoms with E-state index in [4.69, 9.17) is 23.2 Å². The summed E-state index contributed by atoms with van der Waals surface area (Å²) in [6.45, 7) is 2.13. The fourth-order valence-electron chi connectivity index (χ4n) is 2.79. The Kier molecular flexibility index (Phi) is 3.81. The molecule has 0 aliphatic carbocycles. The van der Waals surface area contributed by atoms with Crippen LogP contribution in [0.2, 0.25) is 5.02 Å². The Balaban J connectivity index is 2.00. The highest BCUT2D eigenvalue weighted by Crippen LogP contribution is 2.30. The number of piperidine rings is 1. The number of alkyl halides is 1. The maximum absolute atomic E-state index is 6.03. The van der Waals surface area contributed by atoms with E-state index in [1.165, 1.54) is 23.9 Å². The molecule has 1 aliphatic rings. The highest BCUT2D eigenvalue weighted by molar-refractivity contribution is 6.31. The monoisotopic (exact) mass is 294 g/mol. The predicted molar refractivity (Wildman–Crippen MR) is 82.4 cm³/mol. The Morgan fingerprint density at radius 1 is 1.32 bits per heavy atom. The van der Waals surface area contributed by atoms with Crippen molar-refractivity contribution in [2.24, 2.45) is 5.92 Å². The maximum Gasteiger partial charge on any atom is 0.0737 e. The van der Waals surface area contributed by atoms with Gasteiger partial charge in [0.2, 0.25) is 0 Å². The van der Waals surface area contributed by atoms with Gasteiger partial charge in [0.05, 0.1) is 5.52 Å². The van der Waals surface area contributed by atoms with E-state index in [1.807, 2.05) is 18.3 Å². The first-order chi connectivity index (χ1) is 9.28. The smallest absolute Gasteiger partial charge is 0.0737 e. The van der Waals surface area contributed by atoms with Gasteiger partial charge in [-0.05, 0) is 43.0 Å². The third kappa shape index (κ3) is 2.65. The molecule has 0 saturated carbocycles. The fraction of sp³-hybridized carbons (Fsp3) is 0.400. The van der Waals surface area contributed by atoms with Crippen LogP contribution in [-0.2, 0) is 0 Å². The number of rotatable bonds is 2. The zero-order valence-corrected chi connectivity index (χ0v) is 12.2. The molecular formula is C15H16Cl2N2. The lowest BCUT2D eigenvalue weighted by Gasteiger charge is -2.34. The SMILES string of the molecule is ClCC1CCCN(c2ccnc3cc(Cl)ccc23)C1. The molecule has 1 aromatic carbocycles. The second kappa shape index (κ2) is 5.56. The molecule has 1 unspecified atom stereocenters. The molecule has 2 nitrogen and oxygen atoms in total. The third-order valence-electron chi connectivity index (χ3n) is 3.76. The van der Waals surface area contributed by atoms with Crippen LogP contribution in [0, 0.1) is 5.92 Å². The second-order valence-electron chi connectivity index (χ2n) is 5.10. The van der Waals surface area contributed by atoms with E-state index in [0.717, 1.165) is 29.5 Å². The summed E-state index contributed by atoms with van der Waals surface area (Å²) >= 11 is 12.0. The Hall–Kier alpha value is -0.990. The number of pyridine rings is 1. The van der Waals surface area contributed by atoms with Crippen molar-refractivity contribution in [1.29, 1.82) is 0 Å². The molecule has 0 spiro atoms. The number of halogens is 2. The fourth-order valence-corrected chi connectivity index (χ4v) is 3.21. The summed E-state index contributed by atoms with van der Waals surface area (Å²) in [5.74, 6) is 1.33. The zero-order valence-electron chi connectivity index (χ0n) is 10.6. The zero-order chi connectivity index (χ0) is 13.2. The molecule has 19 heavy (non-hydrogen) atoms. The van der Waals surface area contributed by atoms with E-state index in [2.05, 4.69) is 22.0 Å². The Labute approximate surface area is 123 Å². The van der Waals surface area contributed by atoms with E-state index in [1.54, 1.807) is 0 Å². The van der Waals surface area contributed by atoms with Crippen LogP contribution in [0.3, 0.4) is 0 Å². The lowest BCUT2D eigenvalue weighted by Crippen LogP contribution is -2.36. The number of benzene rings is 1. The van der Waals surface area contributed by atoms with Gasteiger partial charge in [0.25, 0.3) is 0 Å². The minimum Gasteiger partial charge on any atom is -0.371 e. The maximum atomic E-state index is 6.03. The summed E-state index contributed by atoms with van der Waals surface area (Å²) in [7, 11) is 0. The Morgan fingerprint density at radius 3 is 3.05 bits per heavy atom. The number of fused-ring (bicyclic) bond motifs is 1. The van der Waals surface area contributed by atoms with E-state index in [-0.39, 0.29) is 0 Å². The van der Waals surface area contributed by atoms with Gasteiger partial charge in [0.15, 0.2) is 0 Å². The number of hydrogen-bond donors (Lipinski definition) is 0. The lowest BCUT2D eigenvalue weighted by atomic mass is 9.99. The van der Waals surface area contributed by atoms with Crippen LogP contribution in [-0.4, -0.2) is 24.0 Å². The van der Waals surface area contributed by atoms with E-state index >= 15 is 0 Å². The van der Waals surface area contributed by atoms with Crippen molar-refractivity contribution in [1.82, 2.24) is 4.98 Å². The molecule has 0 N–H and O–H groups in total. The van der Waals surface area contributed by atoms with Crippen LogP contribution < -0.4 is 4.90 Å². The minimum atomic E-state index is 0.589. The largest absolute Gasteiger partial charge is 0.371 e. The molecular weight excluding hydrogens is 279 g/mol.